The molecule has 0 unspecified atom stereocenters. The maximum Gasteiger partial charge on any atom is 0.343 e. The van der Waals surface area contributed by atoms with Crippen molar-refractivity contribution >= 4 is 41.3 Å². The van der Waals surface area contributed by atoms with Crippen LogP contribution in [0.5, 0.6) is 5.75 Å². The zero-order valence-electron chi connectivity index (χ0n) is 19.8. The molecule has 0 aliphatic rings. The predicted octanol–water partition coefficient (Wildman–Crippen LogP) is 5.88. The van der Waals surface area contributed by atoms with E-state index in [1.165, 1.54) is 6.21 Å². The van der Waals surface area contributed by atoms with Crippen LogP contribution in [0.4, 0.5) is 5.69 Å². The van der Waals surface area contributed by atoms with Crippen molar-refractivity contribution in [3.63, 3.8) is 0 Å². The summed E-state index contributed by atoms with van der Waals surface area (Å²) in [4.78, 5) is 37.3. The predicted molar refractivity (Wildman–Crippen MR) is 143 cm³/mol. The molecule has 0 atom stereocenters. The van der Waals surface area contributed by atoms with Crippen LogP contribution in [-0.2, 0) is 0 Å². The Balaban J connectivity index is 1.35. The second-order valence-electron chi connectivity index (χ2n) is 8.03. The zero-order valence-corrected chi connectivity index (χ0v) is 20.5. The number of benzene rings is 4. The molecule has 8 heteroatoms. The van der Waals surface area contributed by atoms with E-state index in [0.29, 0.717) is 33.0 Å². The first-order chi connectivity index (χ1) is 17.9. The van der Waals surface area contributed by atoms with E-state index in [4.69, 9.17) is 16.3 Å². The molecule has 0 aliphatic heterocycles. The third-order valence-corrected chi connectivity index (χ3v) is 5.51. The van der Waals surface area contributed by atoms with Gasteiger partial charge in [0.15, 0.2) is 0 Å². The summed E-state index contributed by atoms with van der Waals surface area (Å²) >= 11 is 5.86. The van der Waals surface area contributed by atoms with Gasteiger partial charge in [-0.3, -0.25) is 9.59 Å². The van der Waals surface area contributed by atoms with Crippen molar-refractivity contribution < 1.29 is 19.1 Å². The van der Waals surface area contributed by atoms with E-state index in [9.17, 15) is 14.4 Å². The lowest BCUT2D eigenvalue weighted by Crippen LogP contribution is -2.18. The Morgan fingerprint density at radius 2 is 1.49 bits per heavy atom. The van der Waals surface area contributed by atoms with E-state index in [1.807, 2.05) is 19.1 Å². The molecule has 0 bridgehead atoms. The fraction of sp³-hybridized carbons (Fsp3) is 0.0345. The summed E-state index contributed by atoms with van der Waals surface area (Å²) in [5, 5.41) is 7.31. The molecule has 2 amide bonds. The van der Waals surface area contributed by atoms with Gasteiger partial charge >= 0.3 is 5.97 Å². The van der Waals surface area contributed by atoms with E-state index >= 15 is 0 Å². The summed E-state index contributed by atoms with van der Waals surface area (Å²) in [6.45, 7) is 1.92. The molecule has 0 heterocycles. The molecule has 0 saturated heterocycles. The Morgan fingerprint density at radius 3 is 2.22 bits per heavy atom. The fourth-order valence-electron chi connectivity index (χ4n) is 3.34. The number of hydrazone groups is 1. The minimum atomic E-state index is -0.545. The lowest BCUT2D eigenvalue weighted by atomic mass is 10.1. The van der Waals surface area contributed by atoms with Gasteiger partial charge in [-0.15, -0.1) is 0 Å². The topological polar surface area (TPSA) is 96.9 Å². The SMILES string of the molecule is Cc1cccc(C(=O)Nc2ccc(C(=O)N/N=C\c3ccccc3OC(=O)c3ccc(Cl)cc3)cc2)c1. The fourth-order valence-corrected chi connectivity index (χ4v) is 3.47. The van der Waals surface area contributed by atoms with Gasteiger partial charge in [-0.25, -0.2) is 10.2 Å². The number of anilines is 1. The summed E-state index contributed by atoms with van der Waals surface area (Å²) in [7, 11) is 0. The summed E-state index contributed by atoms with van der Waals surface area (Å²) < 4.78 is 5.48. The largest absolute Gasteiger partial charge is 0.422 e. The molecular weight excluding hydrogens is 490 g/mol. The number of aryl methyl sites for hydroxylation is 1. The van der Waals surface area contributed by atoms with E-state index in [-0.39, 0.29) is 11.7 Å². The van der Waals surface area contributed by atoms with E-state index in [1.54, 1.807) is 84.9 Å². The molecule has 37 heavy (non-hydrogen) atoms. The van der Waals surface area contributed by atoms with Gasteiger partial charge in [0.05, 0.1) is 11.8 Å². The van der Waals surface area contributed by atoms with Crippen LogP contribution in [0.2, 0.25) is 5.02 Å². The van der Waals surface area contributed by atoms with Crippen LogP contribution < -0.4 is 15.5 Å². The number of nitrogens with zero attached hydrogens (tertiary/aromatic N) is 1. The summed E-state index contributed by atoms with van der Waals surface area (Å²) in [5.74, 6) is -0.935. The first-order valence-corrected chi connectivity index (χ1v) is 11.6. The van der Waals surface area contributed by atoms with Gasteiger partial charge in [-0.1, -0.05) is 41.4 Å². The van der Waals surface area contributed by atoms with Crippen molar-refractivity contribution in [2.45, 2.75) is 6.92 Å². The van der Waals surface area contributed by atoms with Crippen molar-refractivity contribution in [1.82, 2.24) is 5.43 Å². The Bertz CT molecular complexity index is 1470. The lowest BCUT2D eigenvalue weighted by Gasteiger charge is -2.08. The zero-order chi connectivity index (χ0) is 26.2. The van der Waals surface area contributed by atoms with Crippen molar-refractivity contribution in [2.75, 3.05) is 5.32 Å². The van der Waals surface area contributed by atoms with Crippen molar-refractivity contribution in [1.29, 1.82) is 0 Å². The monoisotopic (exact) mass is 511 g/mol. The van der Waals surface area contributed by atoms with Crippen LogP contribution in [0.3, 0.4) is 0 Å². The first kappa shape index (κ1) is 25.3. The van der Waals surface area contributed by atoms with Crippen LogP contribution in [0, 0.1) is 6.92 Å². The molecule has 0 radical (unpaired) electrons. The number of nitrogens with one attached hydrogen (secondary N) is 2. The molecular formula is C29H22ClN3O4. The molecule has 0 aromatic heterocycles. The minimum absolute atomic E-state index is 0.235. The number of esters is 1. The molecule has 0 aliphatic carbocycles. The molecule has 0 fully saturated rings. The van der Waals surface area contributed by atoms with E-state index in [2.05, 4.69) is 15.8 Å². The summed E-state index contributed by atoms with van der Waals surface area (Å²) in [6.07, 6.45) is 1.39. The molecule has 4 rings (SSSR count). The van der Waals surface area contributed by atoms with Crippen LogP contribution >= 0.6 is 11.6 Å². The number of amides is 2. The molecule has 184 valence electrons. The second-order valence-corrected chi connectivity index (χ2v) is 8.47. The molecule has 0 spiro atoms. The maximum absolute atomic E-state index is 12.5. The Morgan fingerprint density at radius 1 is 0.784 bits per heavy atom. The number of rotatable bonds is 7. The van der Waals surface area contributed by atoms with Gasteiger partial charge in [0.25, 0.3) is 11.8 Å². The number of para-hydroxylation sites is 1. The summed E-state index contributed by atoms with van der Waals surface area (Å²) in [5.41, 5.74) is 5.75. The number of halogens is 1. The van der Waals surface area contributed by atoms with Gasteiger partial charge in [-0.2, -0.15) is 5.10 Å². The number of hydrogen-bond acceptors (Lipinski definition) is 5. The van der Waals surface area contributed by atoms with Crippen LogP contribution in [0.25, 0.3) is 0 Å². The number of carbonyl (C=O) groups excluding carboxylic acids is 3. The molecule has 7 nitrogen and oxygen atoms in total. The normalized spacial score (nSPS) is 10.6. The molecule has 4 aromatic rings. The average Bonchev–Trinajstić information content (AvgIpc) is 2.90. The Kier molecular flexibility index (Phi) is 8.08. The van der Waals surface area contributed by atoms with Crippen molar-refractivity contribution in [3.05, 3.63) is 130 Å². The van der Waals surface area contributed by atoms with Crippen LogP contribution in [0.1, 0.15) is 42.2 Å². The third kappa shape index (κ3) is 6.90. The molecule has 2 N–H and O–H groups in total. The Labute approximate surface area is 218 Å². The Hall–Kier alpha value is -4.75. The highest BCUT2D eigenvalue weighted by Crippen LogP contribution is 2.19. The van der Waals surface area contributed by atoms with Gasteiger partial charge in [0, 0.05) is 27.4 Å². The summed E-state index contributed by atoms with van der Waals surface area (Å²) in [6, 6.07) is 26.9. The van der Waals surface area contributed by atoms with Crippen LogP contribution in [-0.4, -0.2) is 24.0 Å². The van der Waals surface area contributed by atoms with E-state index in [0.717, 1.165) is 5.56 Å². The van der Waals surface area contributed by atoms with E-state index < -0.39 is 11.9 Å². The van der Waals surface area contributed by atoms with Gasteiger partial charge in [-0.05, 0) is 79.7 Å². The highest BCUT2D eigenvalue weighted by molar-refractivity contribution is 6.30. The first-order valence-electron chi connectivity index (χ1n) is 11.3. The second kappa shape index (κ2) is 11.8. The quantitative estimate of drug-likeness (QED) is 0.140. The van der Waals surface area contributed by atoms with Crippen molar-refractivity contribution in [2.24, 2.45) is 5.10 Å². The minimum Gasteiger partial charge on any atom is -0.422 e. The smallest absolute Gasteiger partial charge is 0.343 e. The maximum atomic E-state index is 12.5. The van der Waals surface area contributed by atoms with Gasteiger partial charge in [0.1, 0.15) is 5.75 Å². The number of ether oxygens (including phenoxy) is 1. The average molecular weight is 512 g/mol. The lowest BCUT2D eigenvalue weighted by molar-refractivity contribution is 0.0734. The molecule has 0 saturated carbocycles. The molecule has 4 aromatic carbocycles. The standard InChI is InChI=1S/C29H22ClN3O4/c1-19-5-4-7-22(17-19)27(34)32-25-15-11-20(12-16-25)28(35)33-31-18-23-6-2-3-8-26(23)37-29(36)21-9-13-24(30)14-10-21/h2-18H,1H3,(H,32,34)(H,33,35)/b31-18-. The van der Waals surface area contributed by atoms with Gasteiger partial charge < -0.3 is 10.1 Å². The van der Waals surface area contributed by atoms with Gasteiger partial charge in [0.2, 0.25) is 0 Å². The highest BCUT2D eigenvalue weighted by Gasteiger charge is 2.11. The van der Waals surface area contributed by atoms with Crippen LogP contribution in [0.15, 0.2) is 102 Å². The van der Waals surface area contributed by atoms with Crippen molar-refractivity contribution in [3.8, 4) is 5.75 Å². The highest BCUT2D eigenvalue weighted by atomic mass is 35.5. The third-order valence-electron chi connectivity index (χ3n) is 5.26. The number of carbonyl (C=O) groups is 3. The number of hydrogen-bond donors (Lipinski definition) is 2.